The molecule has 1 atom stereocenters. The van der Waals surface area contributed by atoms with Gasteiger partial charge in [0.15, 0.2) is 0 Å². The van der Waals surface area contributed by atoms with Crippen molar-refractivity contribution in [2.24, 2.45) is 0 Å². The molecule has 100 valence electrons. The molecule has 2 nitrogen and oxygen atoms in total. The van der Waals surface area contributed by atoms with Crippen LogP contribution in [-0.4, -0.2) is 20.1 Å². The number of alkyl halides is 2. The Bertz CT molecular complexity index is 422. The summed E-state index contributed by atoms with van der Waals surface area (Å²) in [6, 6.07) is 7.04. The second kappa shape index (κ2) is 4.84. The van der Waals surface area contributed by atoms with E-state index in [1.165, 1.54) is 7.11 Å². The summed E-state index contributed by atoms with van der Waals surface area (Å²) in [4.78, 5) is 0. The van der Waals surface area contributed by atoms with Crippen LogP contribution in [0, 0.1) is 0 Å². The number of nitrogens with one attached hydrogen (secondary N) is 1. The highest BCUT2D eigenvalue weighted by Crippen LogP contribution is 2.50. The first kappa shape index (κ1) is 13.3. The zero-order chi connectivity index (χ0) is 13.2. The van der Waals surface area contributed by atoms with E-state index in [4.69, 9.17) is 4.74 Å². The average molecular weight is 255 g/mol. The molecule has 1 fully saturated rings. The molecule has 0 unspecified atom stereocenters. The monoisotopic (exact) mass is 255 g/mol. The van der Waals surface area contributed by atoms with E-state index in [0.29, 0.717) is 24.2 Å². The van der Waals surface area contributed by atoms with E-state index < -0.39 is 11.5 Å². The summed E-state index contributed by atoms with van der Waals surface area (Å²) in [5, 5.41) is 2.87. The molecule has 0 heterocycles. The van der Waals surface area contributed by atoms with Crippen LogP contribution in [0.15, 0.2) is 24.3 Å². The number of halogens is 2. The van der Waals surface area contributed by atoms with Crippen molar-refractivity contribution in [2.75, 3.05) is 14.2 Å². The summed E-state index contributed by atoms with van der Waals surface area (Å²) in [7, 11) is 3.12. The first-order chi connectivity index (χ1) is 8.57. The zero-order valence-electron chi connectivity index (χ0n) is 10.8. The topological polar surface area (TPSA) is 21.3 Å². The Morgan fingerprint density at radius 1 is 1.17 bits per heavy atom. The third-order valence-corrected chi connectivity index (χ3v) is 3.91. The molecule has 0 aromatic heterocycles. The van der Waals surface area contributed by atoms with Gasteiger partial charge in [-0.25, -0.2) is 8.78 Å². The molecule has 18 heavy (non-hydrogen) atoms. The molecule has 1 aromatic carbocycles. The molecular weight excluding hydrogens is 236 g/mol. The molecule has 0 spiro atoms. The predicted octanol–water partition coefficient (Wildman–Crippen LogP) is 3.32. The van der Waals surface area contributed by atoms with Crippen LogP contribution >= 0.6 is 0 Å². The number of hydrogen-bond donors (Lipinski definition) is 1. The molecule has 0 saturated heterocycles. The number of hydrogen-bond acceptors (Lipinski definition) is 2. The number of benzene rings is 1. The van der Waals surface area contributed by atoms with Crippen LogP contribution in [0.2, 0.25) is 0 Å². The molecule has 0 radical (unpaired) electrons. The van der Waals surface area contributed by atoms with Gasteiger partial charge in [-0.05, 0) is 26.0 Å². The lowest BCUT2D eigenvalue weighted by atomic mass is 9.73. The van der Waals surface area contributed by atoms with Crippen molar-refractivity contribution in [3.63, 3.8) is 0 Å². The number of ether oxygens (including phenoxy) is 1. The Kier molecular flexibility index (Phi) is 3.57. The Hall–Kier alpha value is -1.16. The van der Waals surface area contributed by atoms with Crippen LogP contribution in [-0.2, 0) is 5.54 Å². The minimum Gasteiger partial charge on any atom is -0.496 e. The Morgan fingerprint density at radius 3 is 2.44 bits per heavy atom. The molecule has 4 heteroatoms. The maximum atomic E-state index is 14.4. The first-order valence-corrected chi connectivity index (χ1v) is 6.27. The molecule has 0 aliphatic heterocycles. The van der Waals surface area contributed by atoms with Crippen LogP contribution in [0.1, 0.15) is 31.2 Å². The van der Waals surface area contributed by atoms with Gasteiger partial charge in [0.25, 0.3) is 5.92 Å². The second-order valence-corrected chi connectivity index (χ2v) is 4.77. The summed E-state index contributed by atoms with van der Waals surface area (Å²) >= 11 is 0. The standard InChI is InChI=1S/C14H19F2NO/c1-17-13(9-5-6-10-14(13,15)16)11-7-3-4-8-12(11)18-2/h3-4,7-8,17H,5-6,9-10H2,1-2H3/t13-/m0/s1. The molecule has 1 aliphatic rings. The van der Waals surface area contributed by atoms with Gasteiger partial charge in [-0.1, -0.05) is 24.6 Å². The summed E-state index contributed by atoms with van der Waals surface area (Å²) in [6.07, 6.45) is 1.73. The van der Waals surface area contributed by atoms with E-state index in [1.807, 2.05) is 0 Å². The minimum atomic E-state index is -2.76. The van der Waals surface area contributed by atoms with Crippen molar-refractivity contribution < 1.29 is 13.5 Å². The maximum absolute atomic E-state index is 14.4. The summed E-state index contributed by atoms with van der Waals surface area (Å²) in [6.45, 7) is 0. The van der Waals surface area contributed by atoms with Gasteiger partial charge >= 0.3 is 0 Å². The van der Waals surface area contributed by atoms with Crippen molar-refractivity contribution in [2.45, 2.75) is 37.1 Å². The van der Waals surface area contributed by atoms with Crippen LogP contribution in [0.25, 0.3) is 0 Å². The number of rotatable bonds is 3. The highest BCUT2D eigenvalue weighted by atomic mass is 19.3. The summed E-state index contributed by atoms with van der Waals surface area (Å²) in [5.41, 5.74) is -0.752. The lowest BCUT2D eigenvalue weighted by Crippen LogP contribution is -2.56. The van der Waals surface area contributed by atoms with Gasteiger partial charge in [-0.3, -0.25) is 0 Å². The molecule has 1 N–H and O–H groups in total. The van der Waals surface area contributed by atoms with E-state index >= 15 is 0 Å². The van der Waals surface area contributed by atoms with E-state index in [1.54, 1.807) is 31.3 Å². The average Bonchev–Trinajstić information content (AvgIpc) is 2.39. The quantitative estimate of drug-likeness (QED) is 0.894. The van der Waals surface area contributed by atoms with Gasteiger partial charge < -0.3 is 10.1 Å². The fourth-order valence-corrected chi connectivity index (χ4v) is 2.90. The molecule has 0 bridgehead atoms. The SMILES string of the molecule is CN[C@]1(c2ccccc2OC)CCCCC1(F)F. The fourth-order valence-electron chi connectivity index (χ4n) is 2.90. The van der Waals surface area contributed by atoms with Crippen molar-refractivity contribution in [3.05, 3.63) is 29.8 Å². The van der Waals surface area contributed by atoms with Gasteiger partial charge in [0.05, 0.1) is 7.11 Å². The van der Waals surface area contributed by atoms with Gasteiger partial charge in [-0.2, -0.15) is 0 Å². The van der Waals surface area contributed by atoms with Gasteiger partial charge in [0, 0.05) is 12.0 Å². The largest absolute Gasteiger partial charge is 0.496 e. The van der Waals surface area contributed by atoms with Gasteiger partial charge in [-0.15, -0.1) is 0 Å². The van der Waals surface area contributed by atoms with Crippen LogP contribution in [0.5, 0.6) is 5.75 Å². The van der Waals surface area contributed by atoms with Gasteiger partial charge in [0.2, 0.25) is 0 Å². The Labute approximate surface area is 106 Å². The van der Waals surface area contributed by atoms with E-state index in [0.717, 1.165) is 6.42 Å². The van der Waals surface area contributed by atoms with E-state index in [9.17, 15) is 8.78 Å². The molecule has 1 aliphatic carbocycles. The Balaban J connectivity index is 2.55. The molecule has 1 saturated carbocycles. The molecule has 2 rings (SSSR count). The number of para-hydroxylation sites is 1. The summed E-state index contributed by atoms with van der Waals surface area (Å²) < 4.78 is 34.1. The smallest absolute Gasteiger partial charge is 0.270 e. The Morgan fingerprint density at radius 2 is 1.83 bits per heavy atom. The highest BCUT2D eigenvalue weighted by molar-refractivity contribution is 5.41. The molecular formula is C14H19F2NO. The molecule has 0 amide bonds. The minimum absolute atomic E-state index is 0.0775. The van der Waals surface area contributed by atoms with E-state index in [2.05, 4.69) is 5.32 Å². The third kappa shape index (κ3) is 1.88. The van der Waals surface area contributed by atoms with Crippen LogP contribution < -0.4 is 10.1 Å². The number of methoxy groups -OCH3 is 1. The lowest BCUT2D eigenvalue weighted by Gasteiger charge is -2.44. The zero-order valence-corrected chi connectivity index (χ0v) is 10.8. The van der Waals surface area contributed by atoms with Crippen molar-refractivity contribution >= 4 is 0 Å². The lowest BCUT2D eigenvalue weighted by molar-refractivity contribution is -0.120. The van der Waals surface area contributed by atoms with Crippen molar-refractivity contribution in [1.82, 2.24) is 5.32 Å². The van der Waals surface area contributed by atoms with Crippen molar-refractivity contribution in [1.29, 1.82) is 0 Å². The fraction of sp³-hybridized carbons (Fsp3) is 0.571. The van der Waals surface area contributed by atoms with Crippen LogP contribution in [0.4, 0.5) is 8.78 Å². The van der Waals surface area contributed by atoms with E-state index in [-0.39, 0.29) is 6.42 Å². The highest BCUT2D eigenvalue weighted by Gasteiger charge is 2.55. The summed E-state index contributed by atoms with van der Waals surface area (Å²) in [5.74, 6) is -2.23. The maximum Gasteiger partial charge on any atom is 0.270 e. The van der Waals surface area contributed by atoms with Crippen LogP contribution in [0.3, 0.4) is 0 Å². The first-order valence-electron chi connectivity index (χ1n) is 6.27. The normalized spacial score (nSPS) is 26.9. The molecule has 1 aromatic rings. The third-order valence-electron chi connectivity index (χ3n) is 3.91. The van der Waals surface area contributed by atoms with Gasteiger partial charge in [0.1, 0.15) is 11.3 Å². The van der Waals surface area contributed by atoms with Crippen molar-refractivity contribution in [3.8, 4) is 5.75 Å². The second-order valence-electron chi connectivity index (χ2n) is 4.77. The predicted molar refractivity (Wildman–Crippen MR) is 67.1 cm³/mol.